The highest BCUT2D eigenvalue weighted by Crippen LogP contribution is 2.37. The van der Waals surface area contributed by atoms with Crippen molar-refractivity contribution in [2.45, 2.75) is 64.3 Å². The fourth-order valence-electron chi connectivity index (χ4n) is 5.52. The van der Waals surface area contributed by atoms with Gasteiger partial charge in [0.2, 0.25) is 17.8 Å². The maximum Gasteiger partial charge on any atom is 0.253 e. The summed E-state index contributed by atoms with van der Waals surface area (Å²) in [6.45, 7) is 2.10. The summed E-state index contributed by atoms with van der Waals surface area (Å²) in [6.07, 6.45) is 12.0. The predicted molar refractivity (Wildman–Crippen MR) is 132 cm³/mol. The third-order valence-corrected chi connectivity index (χ3v) is 7.50. The Labute approximate surface area is 206 Å². The summed E-state index contributed by atoms with van der Waals surface area (Å²) in [5.74, 6) is -0.318. The maximum atomic E-state index is 13.6. The van der Waals surface area contributed by atoms with Gasteiger partial charge in [0, 0.05) is 32.1 Å². The van der Waals surface area contributed by atoms with Gasteiger partial charge < -0.3 is 5.73 Å². The van der Waals surface area contributed by atoms with Gasteiger partial charge in [0.25, 0.3) is 5.91 Å². The van der Waals surface area contributed by atoms with Crippen molar-refractivity contribution in [3.8, 4) is 0 Å². The van der Waals surface area contributed by atoms with Gasteiger partial charge in [0.05, 0.1) is 5.92 Å². The van der Waals surface area contributed by atoms with E-state index in [0.717, 1.165) is 24.8 Å². The molecule has 186 valence electrons. The molecule has 3 heterocycles. The van der Waals surface area contributed by atoms with Crippen LogP contribution in [0, 0.1) is 17.8 Å². The number of rotatable bonds is 8. The first kappa shape index (κ1) is 24.8. The minimum atomic E-state index is -0.901. The van der Waals surface area contributed by atoms with Gasteiger partial charge in [-0.2, -0.15) is 0 Å². The second-order valence-corrected chi connectivity index (χ2v) is 9.66. The lowest BCUT2D eigenvalue weighted by Gasteiger charge is -2.46. The number of likely N-dealkylation sites (N-methyl/N-ethyl adjacent to an activating group) is 1. The van der Waals surface area contributed by atoms with Crippen LogP contribution in [0.15, 0.2) is 36.8 Å². The molecule has 1 aliphatic carbocycles. The number of nitrogens with two attached hydrogens (primary N) is 1. The molecular formula is C26H34N6O3. The number of hydrogen-bond acceptors (Lipinski definition) is 7. The van der Waals surface area contributed by atoms with E-state index in [4.69, 9.17) is 5.73 Å². The zero-order chi connectivity index (χ0) is 24.9. The quantitative estimate of drug-likeness (QED) is 0.579. The Morgan fingerprint density at radius 3 is 2.51 bits per heavy atom. The Hall–Kier alpha value is -3.36. The number of carbonyl (C=O) groups excluding carboxylic acids is 3. The van der Waals surface area contributed by atoms with Crippen molar-refractivity contribution in [2.24, 2.45) is 17.8 Å². The van der Waals surface area contributed by atoms with Crippen molar-refractivity contribution in [1.82, 2.24) is 19.9 Å². The van der Waals surface area contributed by atoms with Gasteiger partial charge in [0.15, 0.2) is 0 Å². The molecule has 0 radical (unpaired) electrons. The first-order chi connectivity index (χ1) is 16.9. The molecular weight excluding hydrogens is 444 g/mol. The second-order valence-electron chi connectivity index (χ2n) is 9.66. The molecule has 2 fully saturated rings. The normalized spacial score (nSPS) is 21.3. The van der Waals surface area contributed by atoms with E-state index in [-0.39, 0.29) is 36.0 Å². The van der Waals surface area contributed by atoms with Crippen LogP contribution in [0.2, 0.25) is 0 Å². The van der Waals surface area contributed by atoms with E-state index >= 15 is 0 Å². The van der Waals surface area contributed by atoms with Crippen LogP contribution < -0.4 is 10.6 Å². The monoisotopic (exact) mass is 478 g/mol. The first-order valence-corrected chi connectivity index (χ1v) is 12.5. The van der Waals surface area contributed by atoms with Gasteiger partial charge in [-0.1, -0.05) is 45.4 Å². The number of β-lactam (4-membered cyclic amide) rings is 1. The van der Waals surface area contributed by atoms with Crippen LogP contribution in [0.25, 0.3) is 0 Å². The summed E-state index contributed by atoms with van der Waals surface area (Å²) in [7, 11) is 1.57. The van der Waals surface area contributed by atoms with Crippen LogP contribution in [0.3, 0.4) is 0 Å². The summed E-state index contributed by atoms with van der Waals surface area (Å²) < 4.78 is 0. The zero-order valence-corrected chi connectivity index (χ0v) is 20.5. The van der Waals surface area contributed by atoms with Crippen LogP contribution in [-0.4, -0.2) is 50.7 Å². The Morgan fingerprint density at radius 1 is 1.14 bits per heavy atom. The molecule has 0 unspecified atom stereocenters. The van der Waals surface area contributed by atoms with E-state index in [0.29, 0.717) is 18.2 Å². The molecule has 0 spiro atoms. The minimum absolute atomic E-state index is 0.223. The van der Waals surface area contributed by atoms with Crippen LogP contribution in [0.5, 0.6) is 0 Å². The van der Waals surface area contributed by atoms with E-state index in [9.17, 15) is 14.4 Å². The van der Waals surface area contributed by atoms with Crippen molar-refractivity contribution >= 4 is 29.5 Å². The predicted octanol–water partition coefficient (Wildman–Crippen LogP) is 3.01. The van der Waals surface area contributed by atoms with E-state index in [1.165, 1.54) is 29.1 Å². The topological polar surface area (TPSA) is 122 Å². The van der Waals surface area contributed by atoms with Crippen molar-refractivity contribution < 1.29 is 14.4 Å². The number of likely N-dealkylation sites (tertiary alicyclic amines) is 1. The number of nitrogens with zero attached hydrogens (tertiary/aromatic N) is 5. The standard InChI is InChI=1S/C26H34N6O3/c1-3-18(19-8-5-4-6-9-19)16-22(33)32-23(25(35)31(2)26-29-11-7-12-30-26)20(24(32)34)14-17-10-13-28-21(27)15-17/h7,10-13,15,18-20,23H,3-6,8-9,14,16H2,1-2H3,(H2,27,28)/t18-,20+,23-/m0/s1. The van der Waals surface area contributed by atoms with E-state index in [1.54, 1.807) is 43.8 Å². The van der Waals surface area contributed by atoms with Crippen molar-refractivity contribution in [3.63, 3.8) is 0 Å². The Balaban J connectivity index is 1.56. The van der Waals surface area contributed by atoms with E-state index in [1.807, 2.05) is 0 Å². The number of aromatic nitrogens is 3. The Bertz CT molecular complexity index is 1060. The summed E-state index contributed by atoms with van der Waals surface area (Å²) >= 11 is 0. The molecule has 35 heavy (non-hydrogen) atoms. The summed E-state index contributed by atoms with van der Waals surface area (Å²) in [4.78, 5) is 55.1. The van der Waals surface area contributed by atoms with E-state index < -0.39 is 12.0 Å². The van der Waals surface area contributed by atoms with Gasteiger partial charge in [-0.15, -0.1) is 0 Å². The summed E-state index contributed by atoms with van der Waals surface area (Å²) in [5.41, 5.74) is 6.61. The van der Waals surface area contributed by atoms with Crippen LogP contribution >= 0.6 is 0 Å². The highest BCUT2D eigenvalue weighted by molar-refractivity contribution is 6.12. The second kappa shape index (κ2) is 10.9. The van der Waals surface area contributed by atoms with Crippen molar-refractivity contribution in [3.05, 3.63) is 42.4 Å². The molecule has 2 aromatic heterocycles. The molecule has 0 bridgehead atoms. The molecule has 4 rings (SSSR count). The fraction of sp³-hybridized carbons (Fsp3) is 0.538. The fourth-order valence-corrected chi connectivity index (χ4v) is 5.52. The van der Waals surface area contributed by atoms with Crippen LogP contribution in [0.1, 0.15) is 57.4 Å². The largest absolute Gasteiger partial charge is 0.384 e. The highest BCUT2D eigenvalue weighted by Gasteiger charge is 2.55. The number of amides is 3. The molecule has 9 heteroatoms. The van der Waals surface area contributed by atoms with Crippen LogP contribution in [0.4, 0.5) is 11.8 Å². The molecule has 2 N–H and O–H groups in total. The number of hydrogen-bond donors (Lipinski definition) is 1. The molecule has 1 saturated carbocycles. The molecule has 1 saturated heterocycles. The zero-order valence-electron chi connectivity index (χ0n) is 20.5. The Morgan fingerprint density at radius 2 is 1.86 bits per heavy atom. The molecule has 2 aliphatic rings. The smallest absolute Gasteiger partial charge is 0.253 e. The lowest BCUT2D eigenvalue weighted by Crippen LogP contribution is -2.69. The third kappa shape index (κ3) is 5.33. The van der Waals surface area contributed by atoms with Gasteiger partial charge in [-0.05, 0) is 42.0 Å². The SMILES string of the molecule is CC[C@@H](CC(=O)N1C(=O)[C@H](Cc2ccnc(N)c2)[C@H]1C(=O)N(C)c1ncccn1)C1CCCCC1. The molecule has 9 nitrogen and oxygen atoms in total. The average Bonchev–Trinajstić information content (AvgIpc) is 2.89. The number of nitrogen functional groups attached to an aromatic ring is 1. The Kier molecular flexibility index (Phi) is 7.73. The summed E-state index contributed by atoms with van der Waals surface area (Å²) in [6, 6.07) is 4.23. The lowest BCUT2D eigenvalue weighted by molar-refractivity contribution is -0.171. The average molecular weight is 479 g/mol. The summed E-state index contributed by atoms with van der Waals surface area (Å²) in [5, 5.41) is 0. The first-order valence-electron chi connectivity index (χ1n) is 12.5. The van der Waals surface area contributed by atoms with Gasteiger partial charge >= 0.3 is 0 Å². The third-order valence-electron chi connectivity index (χ3n) is 7.50. The molecule has 3 atom stereocenters. The number of carbonyl (C=O) groups is 3. The van der Waals surface area contributed by atoms with E-state index in [2.05, 4.69) is 21.9 Å². The maximum absolute atomic E-state index is 13.6. The molecule has 2 aromatic rings. The van der Waals surface area contributed by atoms with Crippen molar-refractivity contribution in [2.75, 3.05) is 17.7 Å². The molecule has 0 aromatic carbocycles. The molecule has 3 amide bonds. The van der Waals surface area contributed by atoms with Gasteiger partial charge in [-0.25, -0.2) is 15.0 Å². The number of imide groups is 1. The van der Waals surface area contributed by atoms with Gasteiger partial charge in [0.1, 0.15) is 11.9 Å². The van der Waals surface area contributed by atoms with Crippen LogP contribution in [-0.2, 0) is 20.8 Å². The van der Waals surface area contributed by atoms with Gasteiger partial charge in [-0.3, -0.25) is 24.2 Å². The highest BCUT2D eigenvalue weighted by atomic mass is 16.2. The number of pyridine rings is 1. The minimum Gasteiger partial charge on any atom is -0.384 e. The lowest BCUT2D eigenvalue weighted by atomic mass is 9.76. The van der Waals surface area contributed by atoms with Crippen molar-refractivity contribution in [1.29, 1.82) is 0 Å². The molecule has 1 aliphatic heterocycles. The number of anilines is 2.